The van der Waals surface area contributed by atoms with Crippen LogP contribution in [0.25, 0.3) is 0 Å². The molecule has 5 rings (SSSR count). The zero-order valence-electron chi connectivity index (χ0n) is 15.6. The SMILES string of the molecule is Cl.Oc1cc2c(cc1O)[C@@H]1c3cc(Cc4ccccc4)ccc3CN[C@H]1CC2. The van der Waals surface area contributed by atoms with Gasteiger partial charge in [-0.2, -0.15) is 0 Å². The highest BCUT2D eigenvalue weighted by Crippen LogP contribution is 2.44. The molecule has 0 radical (unpaired) electrons. The van der Waals surface area contributed by atoms with Crippen LogP contribution in [-0.2, 0) is 19.4 Å². The molecule has 1 heterocycles. The lowest BCUT2D eigenvalue weighted by Crippen LogP contribution is -2.42. The summed E-state index contributed by atoms with van der Waals surface area (Å²) in [7, 11) is 0. The highest BCUT2D eigenvalue weighted by molar-refractivity contribution is 5.85. The van der Waals surface area contributed by atoms with Crippen LogP contribution in [0.3, 0.4) is 0 Å². The van der Waals surface area contributed by atoms with Gasteiger partial charge in [-0.1, -0.05) is 48.5 Å². The number of nitrogens with one attached hydrogen (secondary N) is 1. The number of benzene rings is 3. The molecule has 0 bridgehead atoms. The molecular weight excluding hydrogens is 370 g/mol. The number of fused-ring (bicyclic) bond motifs is 5. The normalized spacial score (nSPS) is 19.7. The molecule has 4 heteroatoms. The molecule has 3 nitrogen and oxygen atoms in total. The summed E-state index contributed by atoms with van der Waals surface area (Å²) >= 11 is 0. The van der Waals surface area contributed by atoms with Gasteiger partial charge in [0.05, 0.1) is 0 Å². The zero-order chi connectivity index (χ0) is 18.4. The minimum Gasteiger partial charge on any atom is -0.504 e. The molecule has 0 spiro atoms. The topological polar surface area (TPSA) is 52.5 Å². The molecule has 2 aliphatic rings. The second kappa shape index (κ2) is 7.50. The van der Waals surface area contributed by atoms with Crippen LogP contribution < -0.4 is 5.32 Å². The lowest BCUT2D eigenvalue weighted by molar-refractivity contribution is 0.380. The fraction of sp³-hybridized carbons (Fsp3) is 0.250. The van der Waals surface area contributed by atoms with E-state index in [9.17, 15) is 10.2 Å². The number of hydrogen-bond acceptors (Lipinski definition) is 3. The summed E-state index contributed by atoms with van der Waals surface area (Å²) in [6.07, 6.45) is 2.90. The number of phenols is 2. The first-order chi connectivity index (χ1) is 13.2. The van der Waals surface area contributed by atoms with Gasteiger partial charge in [-0.25, -0.2) is 0 Å². The molecule has 144 valence electrons. The molecule has 28 heavy (non-hydrogen) atoms. The van der Waals surface area contributed by atoms with E-state index in [1.165, 1.54) is 22.3 Å². The van der Waals surface area contributed by atoms with Gasteiger partial charge in [-0.15, -0.1) is 12.4 Å². The largest absolute Gasteiger partial charge is 0.504 e. The highest BCUT2D eigenvalue weighted by Gasteiger charge is 2.35. The number of hydrogen-bond donors (Lipinski definition) is 3. The summed E-state index contributed by atoms with van der Waals surface area (Å²) in [4.78, 5) is 0. The van der Waals surface area contributed by atoms with Crippen molar-refractivity contribution in [3.63, 3.8) is 0 Å². The molecule has 3 N–H and O–H groups in total. The van der Waals surface area contributed by atoms with Crippen LogP contribution in [-0.4, -0.2) is 16.3 Å². The molecule has 0 fully saturated rings. The van der Waals surface area contributed by atoms with Gasteiger partial charge in [-0.3, -0.25) is 0 Å². The fourth-order valence-corrected chi connectivity index (χ4v) is 4.72. The third-order valence-corrected chi connectivity index (χ3v) is 6.05. The van der Waals surface area contributed by atoms with Crippen molar-refractivity contribution in [2.45, 2.75) is 37.8 Å². The number of rotatable bonds is 2. The Hall–Kier alpha value is -2.49. The molecule has 1 aliphatic heterocycles. The van der Waals surface area contributed by atoms with E-state index in [1.807, 2.05) is 6.07 Å². The van der Waals surface area contributed by atoms with Crippen LogP contribution in [0.2, 0.25) is 0 Å². The summed E-state index contributed by atoms with van der Waals surface area (Å²) in [6.45, 7) is 0.890. The van der Waals surface area contributed by atoms with E-state index in [1.54, 1.807) is 12.1 Å². The minimum atomic E-state index is -0.0260. The Bertz CT molecular complexity index is 1000. The van der Waals surface area contributed by atoms with Crippen molar-refractivity contribution in [1.82, 2.24) is 5.32 Å². The van der Waals surface area contributed by atoms with Gasteiger partial charge in [0.1, 0.15) is 0 Å². The average Bonchev–Trinajstić information content (AvgIpc) is 2.69. The standard InChI is InChI=1S/C24H23NO2.ClH/c26-22-12-17-8-9-21-24(20(17)13-23(22)27)19-11-16(6-7-18(19)14-25-21)10-15-4-2-1-3-5-15;/h1-7,11-13,21,24-27H,8-10,14H2;1H/t21-,24-;/m0./s1. The highest BCUT2D eigenvalue weighted by atomic mass is 35.5. The second-order valence-electron chi connectivity index (χ2n) is 7.74. The van der Waals surface area contributed by atoms with Crippen LogP contribution >= 0.6 is 12.4 Å². The van der Waals surface area contributed by atoms with E-state index in [4.69, 9.17) is 0 Å². The van der Waals surface area contributed by atoms with Crippen molar-refractivity contribution in [3.05, 3.63) is 94.0 Å². The van der Waals surface area contributed by atoms with Gasteiger partial charge >= 0.3 is 0 Å². The lowest BCUT2D eigenvalue weighted by Gasteiger charge is -2.39. The number of halogens is 1. The summed E-state index contributed by atoms with van der Waals surface area (Å²) in [5.74, 6) is 0.177. The van der Waals surface area contributed by atoms with Gasteiger partial charge in [0, 0.05) is 18.5 Å². The smallest absolute Gasteiger partial charge is 0.157 e. The van der Waals surface area contributed by atoms with Crippen molar-refractivity contribution in [2.75, 3.05) is 0 Å². The number of aryl methyl sites for hydroxylation is 1. The second-order valence-corrected chi connectivity index (χ2v) is 7.74. The van der Waals surface area contributed by atoms with E-state index in [0.29, 0.717) is 6.04 Å². The average molecular weight is 394 g/mol. The van der Waals surface area contributed by atoms with Gasteiger partial charge in [0.2, 0.25) is 0 Å². The van der Waals surface area contributed by atoms with Gasteiger partial charge in [-0.05, 0) is 64.8 Å². The zero-order valence-corrected chi connectivity index (χ0v) is 16.4. The molecule has 3 aromatic carbocycles. The van der Waals surface area contributed by atoms with E-state index in [2.05, 4.69) is 47.8 Å². The molecular formula is C24H24ClNO2. The lowest BCUT2D eigenvalue weighted by atomic mass is 9.72. The summed E-state index contributed by atoms with van der Waals surface area (Å²) in [5, 5.41) is 23.7. The number of phenolic OH excluding ortho intramolecular Hbond substituents is 2. The molecule has 0 saturated carbocycles. The van der Waals surface area contributed by atoms with Crippen molar-refractivity contribution in [3.8, 4) is 11.5 Å². The molecule has 0 amide bonds. The van der Waals surface area contributed by atoms with Crippen LogP contribution in [0.1, 0.15) is 45.7 Å². The first kappa shape index (κ1) is 18.9. The van der Waals surface area contributed by atoms with Crippen LogP contribution in [0, 0.1) is 0 Å². The molecule has 2 atom stereocenters. The van der Waals surface area contributed by atoms with Crippen molar-refractivity contribution >= 4 is 12.4 Å². The Labute approximate surface area is 171 Å². The predicted molar refractivity (Wildman–Crippen MR) is 114 cm³/mol. The quantitative estimate of drug-likeness (QED) is 0.555. The van der Waals surface area contributed by atoms with E-state index >= 15 is 0 Å². The third kappa shape index (κ3) is 3.25. The van der Waals surface area contributed by atoms with Crippen LogP contribution in [0.15, 0.2) is 60.7 Å². The van der Waals surface area contributed by atoms with Crippen LogP contribution in [0.5, 0.6) is 11.5 Å². The maximum Gasteiger partial charge on any atom is 0.157 e. The maximum absolute atomic E-state index is 10.1. The van der Waals surface area contributed by atoms with Crippen molar-refractivity contribution in [1.29, 1.82) is 0 Å². The first-order valence-corrected chi connectivity index (χ1v) is 9.63. The molecule has 0 unspecified atom stereocenters. The Kier molecular flexibility index (Phi) is 5.05. The minimum absolute atomic E-state index is 0. The Morgan fingerprint density at radius 1 is 0.821 bits per heavy atom. The van der Waals surface area contributed by atoms with Gasteiger partial charge in [0.15, 0.2) is 11.5 Å². The molecule has 0 aromatic heterocycles. The first-order valence-electron chi connectivity index (χ1n) is 9.63. The van der Waals surface area contributed by atoms with Crippen molar-refractivity contribution in [2.24, 2.45) is 0 Å². The summed E-state index contributed by atoms with van der Waals surface area (Å²) in [6, 6.07) is 21.2. The predicted octanol–water partition coefficient (Wildman–Crippen LogP) is 4.66. The van der Waals surface area contributed by atoms with Crippen LogP contribution in [0.4, 0.5) is 0 Å². The maximum atomic E-state index is 10.1. The van der Waals surface area contributed by atoms with E-state index < -0.39 is 0 Å². The van der Waals surface area contributed by atoms with Crippen molar-refractivity contribution < 1.29 is 10.2 Å². The van der Waals surface area contributed by atoms with E-state index in [-0.39, 0.29) is 29.8 Å². The summed E-state index contributed by atoms with van der Waals surface area (Å²) in [5.41, 5.74) is 7.61. The Balaban J connectivity index is 0.00000192. The van der Waals surface area contributed by atoms with Gasteiger partial charge < -0.3 is 15.5 Å². The molecule has 3 aromatic rings. The Morgan fingerprint density at radius 3 is 2.39 bits per heavy atom. The fourth-order valence-electron chi connectivity index (χ4n) is 4.72. The number of aromatic hydroxyl groups is 2. The van der Waals surface area contributed by atoms with E-state index in [0.717, 1.165) is 36.9 Å². The summed E-state index contributed by atoms with van der Waals surface area (Å²) < 4.78 is 0. The molecule has 1 aliphatic carbocycles. The molecule has 0 saturated heterocycles. The third-order valence-electron chi connectivity index (χ3n) is 6.05. The Morgan fingerprint density at radius 2 is 1.57 bits per heavy atom. The monoisotopic (exact) mass is 393 g/mol. The van der Waals surface area contributed by atoms with Gasteiger partial charge in [0.25, 0.3) is 0 Å².